The number of aromatic nitrogens is 1. The normalized spacial score (nSPS) is 22.7. The Hall–Kier alpha value is -3.04. The first-order chi connectivity index (χ1) is 14.5. The maximum absolute atomic E-state index is 13.5. The number of nitrogens with one attached hydrogen (secondary N) is 1. The second kappa shape index (κ2) is 7.03. The lowest BCUT2D eigenvalue weighted by Gasteiger charge is -2.30. The van der Waals surface area contributed by atoms with Crippen molar-refractivity contribution in [3.8, 4) is 11.5 Å². The fourth-order valence-corrected chi connectivity index (χ4v) is 6.59. The number of carbonyl (C=O) groups excluding carboxylic acids is 2. The quantitative estimate of drug-likeness (QED) is 0.608. The summed E-state index contributed by atoms with van der Waals surface area (Å²) >= 11 is 2.22. The maximum Gasteiger partial charge on any atom is 0.305 e. The number of thiazole rings is 1. The van der Waals surface area contributed by atoms with Crippen molar-refractivity contribution in [3.63, 3.8) is 0 Å². The molecule has 2 amide bonds. The zero-order valence-electron chi connectivity index (χ0n) is 15.7. The minimum atomic E-state index is -0.725. The van der Waals surface area contributed by atoms with Gasteiger partial charge in [-0.15, -0.1) is 0 Å². The number of H-pyrrole nitrogens is 1. The van der Waals surface area contributed by atoms with E-state index in [0.717, 1.165) is 11.3 Å². The molecule has 1 fully saturated rings. The van der Waals surface area contributed by atoms with E-state index in [-0.39, 0.29) is 22.4 Å². The minimum Gasteiger partial charge on any atom is -0.508 e. The number of phenols is 1. The molecule has 2 N–H and O–H groups in total. The molecular weight excluding hydrogens is 424 g/mol. The number of nitrogens with zero attached hydrogens (tertiary/aromatic N) is 1. The van der Waals surface area contributed by atoms with Crippen LogP contribution in [0.4, 0.5) is 5.69 Å². The molecule has 0 spiro atoms. The number of phenolic OH excluding ortho intramolecular Hbond substituents is 1. The Labute approximate surface area is 179 Å². The number of para-hydroxylation sites is 1. The first-order valence-electron chi connectivity index (χ1n) is 9.19. The molecule has 2 aliphatic heterocycles. The van der Waals surface area contributed by atoms with E-state index in [4.69, 9.17) is 4.74 Å². The van der Waals surface area contributed by atoms with Crippen molar-refractivity contribution in [1.82, 2.24) is 4.98 Å². The Morgan fingerprint density at radius 3 is 2.47 bits per heavy atom. The molecule has 0 unspecified atom stereocenters. The average molecular weight is 441 g/mol. The fourth-order valence-electron chi connectivity index (χ4n) is 4.09. The third-order valence-corrected chi connectivity index (χ3v) is 7.83. The monoisotopic (exact) mass is 440 g/mol. The molecule has 0 bridgehead atoms. The Kier molecular flexibility index (Phi) is 4.44. The van der Waals surface area contributed by atoms with Gasteiger partial charge in [-0.3, -0.25) is 14.4 Å². The highest BCUT2D eigenvalue weighted by Gasteiger charge is 2.56. The van der Waals surface area contributed by atoms with E-state index in [1.165, 1.54) is 16.7 Å². The van der Waals surface area contributed by atoms with Crippen LogP contribution in [0, 0.1) is 5.92 Å². The molecule has 30 heavy (non-hydrogen) atoms. The molecule has 7 nitrogen and oxygen atoms in total. The van der Waals surface area contributed by atoms with Crippen LogP contribution in [0.25, 0.3) is 0 Å². The van der Waals surface area contributed by atoms with Crippen LogP contribution in [0.3, 0.4) is 0 Å². The van der Waals surface area contributed by atoms with Gasteiger partial charge in [0.1, 0.15) is 16.7 Å². The lowest BCUT2D eigenvalue weighted by Crippen LogP contribution is -2.32. The molecule has 3 heterocycles. The van der Waals surface area contributed by atoms with Gasteiger partial charge in [-0.05, 0) is 30.3 Å². The molecule has 9 heteroatoms. The maximum atomic E-state index is 13.5. The van der Waals surface area contributed by atoms with Gasteiger partial charge in [-0.2, -0.15) is 0 Å². The number of hydrogen-bond donors (Lipinski definition) is 2. The van der Waals surface area contributed by atoms with Gasteiger partial charge in [0.05, 0.1) is 23.7 Å². The topological polar surface area (TPSA) is 99.7 Å². The number of aromatic hydroxyl groups is 1. The summed E-state index contributed by atoms with van der Waals surface area (Å²) in [5, 5.41) is 10.4. The van der Waals surface area contributed by atoms with Crippen molar-refractivity contribution in [2.45, 2.75) is 16.2 Å². The van der Waals surface area contributed by atoms with Gasteiger partial charge in [0.25, 0.3) is 0 Å². The lowest BCUT2D eigenvalue weighted by atomic mass is 9.82. The summed E-state index contributed by atoms with van der Waals surface area (Å²) in [4.78, 5) is 43.2. The number of fused-ring (bicyclic) bond motifs is 2. The van der Waals surface area contributed by atoms with E-state index in [0.29, 0.717) is 26.9 Å². The summed E-state index contributed by atoms with van der Waals surface area (Å²) in [5.41, 5.74) is 0.996. The SMILES string of the molecule is COc1ccc(N2C(=O)[C@H]3[C@H](c4ccccc4O)c4sc(=O)[nH]c4S[C@H]3C2=O)cc1. The van der Waals surface area contributed by atoms with Crippen molar-refractivity contribution >= 4 is 40.6 Å². The van der Waals surface area contributed by atoms with Crippen LogP contribution in [0.1, 0.15) is 16.4 Å². The molecule has 1 saturated heterocycles. The molecule has 1 aromatic heterocycles. The highest BCUT2D eigenvalue weighted by Crippen LogP contribution is 2.54. The molecule has 0 aliphatic carbocycles. The van der Waals surface area contributed by atoms with Crippen LogP contribution >= 0.6 is 23.1 Å². The predicted molar refractivity (Wildman–Crippen MR) is 114 cm³/mol. The lowest BCUT2D eigenvalue weighted by molar-refractivity contribution is -0.122. The summed E-state index contributed by atoms with van der Waals surface area (Å²) < 4.78 is 5.16. The highest BCUT2D eigenvalue weighted by atomic mass is 32.2. The number of aromatic amines is 1. The highest BCUT2D eigenvalue weighted by molar-refractivity contribution is 8.00. The van der Waals surface area contributed by atoms with Crippen LogP contribution < -0.4 is 14.5 Å². The van der Waals surface area contributed by atoms with Crippen LogP contribution in [0.2, 0.25) is 0 Å². The van der Waals surface area contributed by atoms with Gasteiger partial charge < -0.3 is 14.8 Å². The van der Waals surface area contributed by atoms with Gasteiger partial charge in [0.15, 0.2) is 0 Å². The van der Waals surface area contributed by atoms with E-state index in [1.807, 2.05) is 0 Å². The van der Waals surface area contributed by atoms with Crippen LogP contribution in [-0.2, 0) is 9.59 Å². The average Bonchev–Trinajstić information content (AvgIpc) is 3.24. The van der Waals surface area contributed by atoms with E-state index in [9.17, 15) is 19.5 Å². The van der Waals surface area contributed by atoms with Gasteiger partial charge >= 0.3 is 4.87 Å². The Bertz CT molecular complexity index is 1220. The fraction of sp³-hybridized carbons (Fsp3) is 0.190. The molecule has 152 valence electrons. The van der Waals surface area contributed by atoms with Crippen molar-refractivity contribution in [1.29, 1.82) is 0 Å². The third kappa shape index (κ3) is 2.77. The van der Waals surface area contributed by atoms with Gasteiger partial charge in [0, 0.05) is 16.4 Å². The van der Waals surface area contributed by atoms with Crippen LogP contribution in [0.5, 0.6) is 11.5 Å². The van der Waals surface area contributed by atoms with E-state index >= 15 is 0 Å². The minimum absolute atomic E-state index is 0.0306. The molecule has 0 saturated carbocycles. The van der Waals surface area contributed by atoms with Gasteiger partial charge in [-0.1, -0.05) is 41.3 Å². The smallest absolute Gasteiger partial charge is 0.305 e. The molecule has 5 rings (SSSR count). The summed E-state index contributed by atoms with van der Waals surface area (Å²) in [6.07, 6.45) is 0. The number of carbonyl (C=O) groups is 2. The molecule has 2 aliphatic rings. The zero-order valence-corrected chi connectivity index (χ0v) is 17.3. The Morgan fingerprint density at radius 2 is 1.77 bits per heavy atom. The number of imide groups is 1. The van der Waals surface area contributed by atoms with E-state index in [1.54, 1.807) is 55.6 Å². The van der Waals surface area contributed by atoms with Crippen molar-refractivity contribution in [2.75, 3.05) is 12.0 Å². The number of hydrogen-bond acceptors (Lipinski definition) is 7. The van der Waals surface area contributed by atoms with Gasteiger partial charge in [0.2, 0.25) is 11.8 Å². The summed E-state index contributed by atoms with van der Waals surface area (Å²) in [7, 11) is 1.54. The summed E-state index contributed by atoms with van der Waals surface area (Å²) in [6.45, 7) is 0. The summed E-state index contributed by atoms with van der Waals surface area (Å²) in [5.74, 6) is -1.34. The third-order valence-electron chi connectivity index (χ3n) is 5.43. The molecule has 0 radical (unpaired) electrons. The van der Waals surface area contributed by atoms with Crippen LogP contribution in [-0.4, -0.2) is 34.3 Å². The largest absolute Gasteiger partial charge is 0.508 e. The number of thioether (sulfide) groups is 1. The predicted octanol–water partition coefficient (Wildman–Crippen LogP) is 2.95. The molecule has 3 aromatic rings. The van der Waals surface area contributed by atoms with Crippen molar-refractivity contribution in [3.05, 3.63) is 68.6 Å². The molecule has 2 aromatic carbocycles. The number of ether oxygens (including phenoxy) is 1. The first-order valence-corrected chi connectivity index (χ1v) is 10.9. The van der Waals surface area contributed by atoms with E-state index < -0.39 is 17.1 Å². The van der Waals surface area contributed by atoms with Crippen molar-refractivity contribution in [2.24, 2.45) is 5.92 Å². The zero-order chi connectivity index (χ0) is 21.0. The number of rotatable bonds is 3. The molecular formula is C21H16N2O5S2. The number of benzene rings is 2. The van der Waals surface area contributed by atoms with Crippen molar-refractivity contribution < 1.29 is 19.4 Å². The second-order valence-electron chi connectivity index (χ2n) is 7.02. The second-order valence-corrected chi connectivity index (χ2v) is 9.19. The number of amides is 2. The van der Waals surface area contributed by atoms with Gasteiger partial charge in [-0.25, -0.2) is 4.90 Å². The standard InChI is InChI=1S/C21H16N2O5S2/c1-28-11-8-6-10(7-9-11)23-19(25)15-14(12-4-2-3-5-13(12)24)16-18(22-21(27)30-16)29-17(15)20(23)26/h2-9,14-15,17,24H,1H3,(H,22,27)/t14-,15-,17+/m0/s1. The number of methoxy groups -OCH3 is 1. The summed E-state index contributed by atoms with van der Waals surface area (Å²) in [6, 6.07) is 13.5. The number of anilines is 1. The van der Waals surface area contributed by atoms with Crippen LogP contribution in [0.15, 0.2) is 58.4 Å². The first kappa shape index (κ1) is 19.0. The Morgan fingerprint density at radius 1 is 1.03 bits per heavy atom. The Balaban J connectivity index is 1.64. The molecule has 3 atom stereocenters. The van der Waals surface area contributed by atoms with E-state index in [2.05, 4.69) is 4.98 Å².